The van der Waals surface area contributed by atoms with E-state index in [-0.39, 0.29) is 0 Å². The van der Waals surface area contributed by atoms with Crippen LogP contribution >= 0.6 is 31.9 Å². The molecule has 0 atom stereocenters. The van der Waals surface area contributed by atoms with Crippen LogP contribution in [0.3, 0.4) is 0 Å². The molecule has 78 valence electrons. The van der Waals surface area contributed by atoms with E-state index in [1.165, 1.54) is 0 Å². The Labute approximate surface area is 99.9 Å². The second-order valence-corrected chi connectivity index (χ2v) is 4.36. The van der Waals surface area contributed by atoms with Gasteiger partial charge in [-0.25, -0.2) is 4.39 Å². The highest BCUT2D eigenvalue weighted by Gasteiger charge is 2.05. The molecule has 14 heavy (non-hydrogen) atoms. The molecule has 0 aliphatic heterocycles. The zero-order chi connectivity index (χ0) is 10.4. The summed E-state index contributed by atoms with van der Waals surface area (Å²) in [7, 11) is 0. The molecule has 0 bridgehead atoms. The van der Waals surface area contributed by atoms with E-state index < -0.39 is 6.86 Å². The maximum Gasteiger partial charge on any atom is 0.228 e. The molecule has 0 N–H and O–H groups in total. The first-order chi connectivity index (χ1) is 6.79. The van der Waals surface area contributed by atoms with Crippen molar-refractivity contribution in [3.63, 3.8) is 0 Å². The standard InChI is InChI=1S/C10H11Br2FO/c11-6-2-4-8-3-1-5-9(10(8)12)14-7-13/h1,3,5H,2,4,6-7H2. The topological polar surface area (TPSA) is 9.23 Å². The smallest absolute Gasteiger partial charge is 0.228 e. The lowest BCUT2D eigenvalue weighted by Gasteiger charge is -2.08. The Morgan fingerprint density at radius 3 is 2.79 bits per heavy atom. The van der Waals surface area contributed by atoms with Gasteiger partial charge in [0.25, 0.3) is 0 Å². The van der Waals surface area contributed by atoms with Crippen molar-refractivity contribution in [2.45, 2.75) is 12.8 Å². The van der Waals surface area contributed by atoms with Crippen LogP contribution in [0.1, 0.15) is 12.0 Å². The molecule has 0 saturated heterocycles. The molecule has 1 rings (SSSR count). The van der Waals surface area contributed by atoms with Crippen molar-refractivity contribution in [2.24, 2.45) is 0 Å². The van der Waals surface area contributed by atoms with Gasteiger partial charge in [0.05, 0.1) is 4.47 Å². The summed E-state index contributed by atoms with van der Waals surface area (Å²) < 4.78 is 17.7. The Hall–Kier alpha value is -0.0900. The number of aryl methyl sites for hydroxylation is 1. The maximum atomic E-state index is 12.0. The maximum absolute atomic E-state index is 12.0. The van der Waals surface area contributed by atoms with Gasteiger partial charge >= 0.3 is 0 Å². The van der Waals surface area contributed by atoms with Crippen molar-refractivity contribution in [1.29, 1.82) is 0 Å². The molecule has 0 amide bonds. The van der Waals surface area contributed by atoms with Gasteiger partial charge in [0.1, 0.15) is 5.75 Å². The highest BCUT2D eigenvalue weighted by molar-refractivity contribution is 9.10. The fourth-order valence-corrected chi connectivity index (χ4v) is 2.03. The van der Waals surface area contributed by atoms with Crippen LogP contribution < -0.4 is 4.74 Å². The lowest BCUT2D eigenvalue weighted by atomic mass is 10.1. The Morgan fingerprint density at radius 2 is 2.14 bits per heavy atom. The molecule has 1 nitrogen and oxygen atoms in total. The monoisotopic (exact) mass is 324 g/mol. The summed E-state index contributed by atoms with van der Waals surface area (Å²) in [6, 6.07) is 5.64. The zero-order valence-electron chi connectivity index (χ0n) is 7.60. The van der Waals surface area contributed by atoms with Crippen molar-refractivity contribution in [2.75, 3.05) is 12.2 Å². The molecular weight excluding hydrogens is 315 g/mol. The summed E-state index contributed by atoms with van der Waals surface area (Å²) in [4.78, 5) is 0. The first-order valence-corrected chi connectivity index (χ1v) is 6.23. The largest absolute Gasteiger partial charge is 0.462 e. The van der Waals surface area contributed by atoms with Gasteiger partial charge in [-0.05, 0) is 40.4 Å². The van der Waals surface area contributed by atoms with Crippen LogP contribution in [0.15, 0.2) is 22.7 Å². The molecule has 0 saturated carbocycles. The van der Waals surface area contributed by atoms with E-state index in [0.29, 0.717) is 5.75 Å². The van der Waals surface area contributed by atoms with Crippen molar-refractivity contribution < 1.29 is 9.13 Å². The van der Waals surface area contributed by atoms with Crippen molar-refractivity contribution in [3.05, 3.63) is 28.2 Å². The fraction of sp³-hybridized carbons (Fsp3) is 0.400. The Balaban J connectivity index is 2.78. The summed E-state index contributed by atoms with van der Waals surface area (Å²) in [5.41, 5.74) is 1.15. The Bertz CT molecular complexity index is 291. The summed E-state index contributed by atoms with van der Waals surface area (Å²) in [5, 5.41) is 0.966. The number of halogens is 3. The van der Waals surface area contributed by atoms with E-state index >= 15 is 0 Å². The minimum Gasteiger partial charge on any atom is -0.462 e. The normalized spacial score (nSPS) is 10.2. The summed E-state index contributed by atoms with van der Waals surface area (Å²) in [6.45, 7) is -0.791. The molecule has 0 spiro atoms. The molecular formula is C10H11Br2FO. The van der Waals surface area contributed by atoms with E-state index in [4.69, 9.17) is 4.74 Å². The molecule has 0 aromatic heterocycles. The third kappa shape index (κ3) is 3.24. The van der Waals surface area contributed by atoms with Crippen LogP contribution in [0, 0.1) is 0 Å². The highest BCUT2D eigenvalue weighted by Crippen LogP contribution is 2.29. The van der Waals surface area contributed by atoms with Crippen LogP contribution in [0.25, 0.3) is 0 Å². The van der Waals surface area contributed by atoms with Crippen LogP contribution in [0.2, 0.25) is 0 Å². The second kappa shape index (κ2) is 6.40. The van der Waals surface area contributed by atoms with E-state index in [9.17, 15) is 4.39 Å². The first kappa shape index (κ1) is 12.0. The summed E-state index contributed by atoms with van der Waals surface area (Å²) in [6.07, 6.45) is 2.01. The molecule has 1 aromatic carbocycles. The minimum absolute atomic E-state index is 0.569. The minimum atomic E-state index is -0.791. The summed E-state index contributed by atoms with van der Waals surface area (Å²) >= 11 is 6.78. The van der Waals surface area contributed by atoms with E-state index in [0.717, 1.165) is 28.2 Å². The predicted molar refractivity (Wildman–Crippen MR) is 62.9 cm³/mol. The Morgan fingerprint density at radius 1 is 1.36 bits per heavy atom. The lowest BCUT2D eigenvalue weighted by Crippen LogP contribution is -1.94. The average molecular weight is 326 g/mol. The van der Waals surface area contributed by atoms with Crippen LogP contribution in [-0.4, -0.2) is 12.2 Å². The van der Waals surface area contributed by atoms with Gasteiger partial charge in [0.2, 0.25) is 6.86 Å². The number of hydrogen-bond donors (Lipinski definition) is 0. The lowest BCUT2D eigenvalue weighted by molar-refractivity contribution is 0.190. The zero-order valence-corrected chi connectivity index (χ0v) is 10.8. The molecule has 1 aromatic rings. The van der Waals surface area contributed by atoms with Gasteiger partial charge < -0.3 is 4.74 Å². The molecule has 4 heteroatoms. The molecule has 0 aliphatic carbocycles. The quantitative estimate of drug-likeness (QED) is 0.741. The van der Waals surface area contributed by atoms with Gasteiger partial charge in [0, 0.05) is 5.33 Å². The number of hydrogen-bond acceptors (Lipinski definition) is 1. The number of benzene rings is 1. The molecule has 0 unspecified atom stereocenters. The van der Waals surface area contributed by atoms with Crippen LogP contribution in [0.4, 0.5) is 4.39 Å². The number of alkyl halides is 2. The fourth-order valence-electron chi connectivity index (χ4n) is 1.18. The highest BCUT2D eigenvalue weighted by atomic mass is 79.9. The molecule has 0 heterocycles. The van der Waals surface area contributed by atoms with Gasteiger partial charge in [-0.2, -0.15) is 0 Å². The Kier molecular flexibility index (Phi) is 5.48. The van der Waals surface area contributed by atoms with Crippen molar-refractivity contribution in [1.82, 2.24) is 0 Å². The number of rotatable bonds is 5. The van der Waals surface area contributed by atoms with E-state index in [1.54, 1.807) is 6.07 Å². The van der Waals surface area contributed by atoms with E-state index in [2.05, 4.69) is 31.9 Å². The SMILES string of the molecule is FCOc1cccc(CCCBr)c1Br. The second-order valence-electron chi connectivity index (χ2n) is 2.78. The van der Waals surface area contributed by atoms with Gasteiger partial charge in [-0.1, -0.05) is 28.1 Å². The first-order valence-electron chi connectivity index (χ1n) is 4.31. The summed E-state index contributed by atoms with van der Waals surface area (Å²) in [5.74, 6) is 0.569. The van der Waals surface area contributed by atoms with Gasteiger partial charge in [-0.3, -0.25) is 0 Å². The van der Waals surface area contributed by atoms with Crippen molar-refractivity contribution >= 4 is 31.9 Å². The van der Waals surface area contributed by atoms with Gasteiger partial charge in [0.15, 0.2) is 0 Å². The third-order valence-corrected chi connectivity index (χ3v) is 3.29. The predicted octanol–water partition coefficient (Wildman–Crippen LogP) is 4.08. The number of ether oxygens (including phenoxy) is 1. The van der Waals surface area contributed by atoms with Crippen LogP contribution in [0.5, 0.6) is 5.75 Å². The molecule has 0 radical (unpaired) electrons. The van der Waals surface area contributed by atoms with Crippen molar-refractivity contribution in [3.8, 4) is 5.75 Å². The van der Waals surface area contributed by atoms with Gasteiger partial charge in [-0.15, -0.1) is 0 Å². The van der Waals surface area contributed by atoms with E-state index in [1.807, 2.05) is 12.1 Å². The molecule has 0 fully saturated rings. The average Bonchev–Trinajstić information content (AvgIpc) is 2.20. The molecule has 0 aliphatic rings. The third-order valence-electron chi connectivity index (χ3n) is 1.83. The van der Waals surface area contributed by atoms with Crippen LogP contribution in [-0.2, 0) is 6.42 Å².